The van der Waals surface area contributed by atoms with E-state index in [-0.39, 0.29) is 18.2 Å². The van der Waals surface area contributed by atoms with Crippen molar-refractivity contribution < 1.29 is 14.4 Å². The summed E-state index contributed by atoms with van der Waals surface area (Å²) in [4.78, 5) is 35.5. The number of nitrogens with one attached hydrogen (secondary N) is 3. The Morgan fingerprint density at radius 3 is 1.70 bits per heavy atom. The molecule has 6 nitrogen and oxygen atoms in total. The van der Waals surface area contributed by atoms with E-state index >= 15 is 0 Å². The molecule has 3 N–H and O–H groups in total. The second-order valence-electron chi connectivity index (χ2n) is 6.19. The van der Waals surface area contributed by atoms with Gasteiger partial charge in [-0.2, -0.15) is 0 Å². The molecule has 6 heteroatoms. The Bertz CT molecular complexity index is 807. The molecular formula is C21H25N3O3. The fraction of sp³-hybridized carbons (Fsp3) is 0.286. The summed E-state index contributed by atoms with van der Waals surface area (Å²) in [6.45, 7) is 5.48. The third-order valence-electron chi connectivity index (χ3n) is 4.07. The molecule has 0 atom stereocenters. The normalized spacial score (nSPS) is 10.2. The highest BCUT2D eigenvalue weighted by Crippen LogP contribution is 2.23. The minimum atomic E-state index is -0.396. The number of hydrogen-bond acceptors (Lipinski definition) is 3. The third-order valence-corrected chi connectivity index (χ3v) is 4.07. The lowest BCUT2D eigenvalue weighted by Gasteiger charge is -2.14. The van der Waals surface area contributed by atoms with Crippen LogP contribution in [0.5, 0.6) is 0 Å². The maximum atomic E-state index is 12.3. The van der Waals surface area contributed by atoms with Gasteiger partial charge in [0.05, 0.1) is 0 Å². The molecule has 0 aliphatic heterocycles. The molecule has 2 aromatic carbocycles. The van der Waals surface area contributed by atoms with Crippen LogP contribution >= 0.6 is 0 Å². The summed E-state index contributed by atoms with van der Waals surface area (Å²) in [5.74, 6) is -0.910. The molecule has 0 aromatic heterocycles. The van der Waals surface area contributed by atoms with E-state index in [0.29, 0.717) is 11.4 Å². The highest BCUT2D eigenvalue weighted by molar-refractivity contribution is 6.08. The van der Waals surface area contributed by atoms with E-state index in [1.807, 2.05) is 32.0 Å². The largest absolute Gasteiger partial charge is 0.326 e. The molecule has 0 aliphatic carbocycles. The average molecular weight is 367 g/mol. The summed E-state index contributed by atoms with van der Waals surface area (Å²) in [5, 5.41) is 8.22. The molecule has 0 aliphatic rings. The molecule has 27 heavy (non-hydrogen) atoms. The molecule has 0 saturated carbocycles. The topological polar surface area (TPSA) is 87.3 Å². The van der Waals surface area contributed by atoms with Crippen molar-refractivity contribution in [2.75, 3.05) is 16.0 Å². The van der Waals surface area contributed by atoms with Crippen molar-refractivity contribution in [3.8, 4) is 0 Å². The number of anilines is 3. The van der Waals surface area contributed by atoms with Crippen LogP contribution < -0.4 is 16.0 Å². The summed E-state index contributed by atoms with van der Waals surface area (Å²) in [6.07, 6.45) is 1.33. The smallest absolute Gasteiger partial charge is 0.233 e. The minimum absolute atomic E-state index is 0.165. The fourth-order valence-electron chi connectivity index (χ4n) is 2.78. The second kappa shape index (κ2) is 9.52. The first-order valence-electron chi connectivity index (χ1n) is 9.01. The van der Waals surface area contributed by atoms with Gasteiger partial charge in [-0.15, -0.1) is 0 Å². The van der Waals surface area contributed by atoms with Gasteiger partial charge in [0.1, 0.15) is 6.42 Å². The van der Waals surface area contributed by atoms with Crippen molar-refractivity contribution in [2.24, 2.45) is 0 Å². The SMILES string of the molecule is CCc1cccc(CC)c1NC(=O)CC(=O)Nc1ccc(NC(C)=O)cc1. The van der Waals surface area contributed by atoms with Crippen molar-refractivity contribution in [3.63, 3.8) is 0 Å². The maximum absolute atomic E-state index is 12.3. The van der Waals surface area contributed by atoms with E-state index in [0.717, 1.165) is 29.7 Å². The Kier molecular flexibility index (Phi) is 7.11. The van der Waals surface area contributed by atoms with E-state index in [4.69, 9.17) is 0 Å². The Labute approximate surface area is 159 Å². The average Bonchev–Trinajstić information content (AvgIpc) is 2.62. The van der Waals surface area contributed by atoms with Crippen LogP contribution in [0.15, 0.2) is 42.5 Å². The van der Waals surface area contributed by atoms with Crippen LogP contribution in [-0.4, -0.2) is 17.7 Å². The first kappa shape index (κ1) is 20.2. The van der Waals surface area contributed by atoms with Gasteiger partial charge in [-0.25, -0.2) is 0 Å². The molecule has 3 amide bonds. The van der Waals surface area contributed by atoms with Gasteiger partial charge in [-0.05, 0) is 48.2 Å². The molecule has 0 fully saturated rings. The van der Waals surface area contributed by atoms with Crippen molar-refractivity contribution in [2.45, 2.75) is 40.0 Å². The van der Waals surface area contributed by atoms with Gasteiger partial charge in [0.25, 0.3) is 0 Å². The number of amides is 3. The van der Waals surface area contributed by atoms with Gasteiger partial charge in [0, 0.05) is 24.0 Å². The summed E-state index contributed by atoms with van der Waals surface area (Å²) in [5.41, 5.74) is 4.11. The van der Waals surface area contributed by atoms with Crippen LogP contribution in [0.1, 0.15) is 38.3 Å². The third kappa shape index (κ3) is 5.95. The molecular weight excluding hydrogens is 342 g/mol. The van der Waals surface area contributed by atoms with Crippen molar-refractivity contribution in [3.05, 3.63) is 53.6 Å². The summed E-state index contributed by atoms with van der Waals surface area (Å²) in [7, 11) is 0. The molecule has 0 unspecified atom stereocenters. The van der Waals surface area contributed by atoms with Crippen LogP contribution in [0.25, 0.3) is 0 Å². The number of para-hydroxylation sites is 1. The quantitative estimate of drug-likeness (QED) is 0.652. The Hall–Kier alpha value is -3.15. The van der Waals surface area contributed by atoms with Crippen LogP contribution in [0.2, 0.25) is 0 Å². The summed E-state index contributed by atoms with van der Waals surface area (Å²) >= 11 is 0. The van der Waals surface area contributed by atoms with Crippen LogP contribution in [0.4, 0.5) is 17.1 Å². The molecule has 2 rings (SSSR count). The van der Waals surface area contributed by atoms with Crippen LogP contribution in [-0.2, 0) is 27.2 Å². The van der Waals surface area contributed by atoms with Crippen molar-refractivity contribution in [1.29, 1.82) is 0 Å². The highest BCUT2D eigenvalue weighted by Gasteiger charge is 2.14. The lowest BCUT2D eigenvalue weighted by molar-refractivity contribution is -0.123. The van der Waals surface area contributed by atoms with Gasteiger partial charge in [0.15, 0.2) is 0 Å². The van der Waals surface area contributed by atoms with Gasteiger partial charge in [0.2, 0.25) is 17.7 Å². The molecule has 2 aromatic rings. The van der Waals surface area contributed by atoms with Gasteiger partial charge in [-0.1, -0.05) is 32.0 Å². The fourth-order valence-corrected chi connectivity index (χ4v) is 2.78. The van der Waals surface area contributed by atoms with Gasteiger partial charge >= 0.3 is 0 Å². The van der Waals surface area contributed by atoms with E-state index in [1.165, 1.54) is 6.92 Å². The first-order chi connectivity index (χ1) is 12.9. The van der Waals surface area contributed by atoms with Crippen molar-refractivity contribution >= 4 is 34.8 Å². The molecule has 0 heterocycles. The molecule has 0 bridgehead atoms. The molecule has 0 spiro atoms. The van der Waals surface area contributed by atoms with E-state index in [2.05, 4.69) is 16.0 Å². The number of benzene rings is 2. The van der Waals surface area contributed by atoms with E-state index in [1.54, 1.807) is 24.3 Å². The number of aryl methyl sites for hydroxylation is 2. The maximum Gasteiger partial charge on any atom is 0.233 e. The number of carbonyl (C=O) groups is 3. The number of hydrogen-bond donors (Lipinski definition) is 3. The number of rotatable bonds is 7. The van der Waals surface area contributed by atoms with Gasteiger partial charge in [-0.3, -0.25) is 14.4 Å². The first-order valence-corrected chi connectivity index (χ1v) is 9.01. The monoisotopic (exact) mass is 367 g/mol. The van der Waals surface area contributed by atoms with Crippen LogP contribution in [0, 0.1) is 0 Å². The summed E-state index contributed by atoms with van der Waals surface area (Å²) < 4.78 is 0. The van der Waals surface area contributed by atoms with Crippen molar-refractivity contribution in [1.82, 2.24) is 0 Å². The summed E-state index contributed by atoms with van der Waals surface area (Å²) in [6, 6.07) is 12.6. The van der Waals surface area contributed by atoms with E-state index in [9.17, 15) is 14.4 Å². The lowest BCUT2D eigenvalue weighted by atomic mass is 10.0. The predicted octanol–water partition coefficient (Wildman–Crippen LogP) is 3.74. The number of carbonyl (C=O) groups excluding carboxylic acids is 3. The standard InChI is InChI=1S/C21H25N3O3/c1-4-15-7-6-8-16(5-2)21(15)24-20(27)13-19(26)23-18-11-9-17(10-12-18)22-14(3)25/h6-12H,4-5,13H2,1-3H3,(H,22,25)(H,23,26)(H,24,27). The Morgan fingerprint density at radius 2 is 1.22 bits per heavy atom. The molecule has 0 saturated heterocycles. The Morgan fingerprint density at radius 1 is 0.741 bits per heavy atom. The van der Waals surface area contributed by atoms with Gasteiger partial charge < -0.3 is 16.0 Å². The zero-order chi connectivity index (χ0) is 19.8. The zero-order valence-electron chi connectivity index (χ0n) is 15.9. The Balaban J connectivity index is 1.96. The highest BCUT2D eigenvalue weighted by atomic mass is 16.2. The predicted molar refractivity (Wildman–Crippen MR) is 108 cm³/mol. The zero-order valence-corrected chi connectivity index (χ0v) is 15.9. The lowest BCUT2D eigenvalue weighted by Crippen LogP contribution is -2.22. The minimum Gasteiger partial charge on any atom is -0.326 e. The van der Waals surface area contributed by atoms with E-state index < -0.39 is 5.91 Å². The van der Waals surface area contributed by atoms with Crippen LogP contribution in [0.3, 0.4) is 0 Å². The molecule has 0 radical (unpaired) electrons. The molecule has 142 valence electrons. The second-order valence-corrected chi connectivity index (χ2v) is 6.19.